The zero-order chi connectivity index (χ0) is 21.2. The van der Waals surface area contributed by atoms with Crippen LogP contribution in [0, 0.1) is 11.7 Å². The highest BCUT2D eigenvalue weighted by Gasteiger charge is 2.22. The van der Waals surface area contributed by atoms with Crippen molar-refractivity contribution in [2.45, 2.75) is 25.8 Å². The Bertz CT molecular complexity index is 1180. The number of hydrogen-bond acceptors (Lipinski definition) is 3. The maximum atomic E-state index is 13.2. The molecule has 0 radical (unpaired) electrons. The summed E-state index contributed by atoms with van der Waals surface area (Å²) in [6.07, 6.45) is 8.58. The largest absolute Gasteiger partial charge is 0.339 e. The molecule has 1 aliphatic heterocycles. The molecule has 7 heteroatoms. The second-order valence-corrected chi connectivity index (χ2v) is 8.18. The topological polar surface area (TPSA) is 66.8 Å². The Morgan fingerprint density at radius 2 is 1.97 bits per heavy atom. The molecule has 1 N–H and O–H groups in total. The van der Waals surface area contributed by atoms with Crippen LogP contribution in [0.15, 0.2) is 61.2 Å². The lowest BCUT2D eigenvalue weighted by molar-refractivity contribution is 0.0759. The Balaban J connectivity index is 1.26. The Hall–Kier alpha value is -3.48. The lowest BCUT2D eigenvalue weighted by Gasteiger charge is -2.21. The van der Waals surface area contributed by atoms with Crippen LogP contribution in [0.3, 0.4) is 0 Å². The van der Waals surface area contributed by atoms with Crippen molar-refractivity contribution >= 4 is 16.9 Å². The van der Waals surface area contributed by atoms with E-state index in [4.69, 9.17) is 0 Å². The van der Waals surface area contributed by atoms with Crippen LogP contribution in [0.5, 0.6) is 0 Å². The molecule has 4 aromatic rings. The summed E-state index contributed by atoms with van der Waals surface area (Å²) in [5, 5.41) is 6.86. The van der Waals surface area contributed by atoms with Crippen LogP contribution in [0.25, 0.3) is 22.2 Å². The van der Waals surface area contributed by atoms with Gasteiger partial charge in [-0.3, -0.25) is 9.89 Å². The van der Waals surface area contributed by atoms with Gasteiger partial charge >= 0.3 is 0 Å². The number of rotatable bonds is 4. The van der Waals surface area contributed by atoms with Gasteiger partial charge in [-0.1, -0.05) is 6.07 Å². The minimum absolute atomic E-state index is 0.0134. The zero-order valence-corrected chi connectivity index (χ0v) is 17.2. The van der Waals surface area contributed by atoms with Crippen LogP contribution in [0.1, 0.15) is 29.6 Å². The average molecular weight is 417 g/mol. The molecular formula is C24H24FN5O. The molecule has 2 aromatic heterocycles. The molecule has 1 aliphatic rings. The van der Waals surface area contributed by atoms with Crippen molar-refractivity contribution < 1.29 is 9.18 Å². The predicted octanol–water partition coefficient (Wildman–Crippen LogP) is 4.51. The number of benzene rings is 2. The third kappa shape index (κ3) is 4.08. The molecule has 0 aliphatic carbocycles. The van der Waals surface area contributed by atoms with Crippen LogP contribution in [0.4, 0.5) is 4.39 Å². The molecule has 1 amide bonds. The highest BCUT2D eigenvalue weighted by molar-refractivity contribution is 5.94. The maximum absolute atomic E-state index is 13.2. The number of fused-ring (bicyclic) bond motifs is 1. The van der Waals surface area contributed by atoms with Gasteiger partial charge in [0.2, 0.25) is 0 Å². The summed E-state index contributed by atoms with van der Waals surface area (Å²) >= 11 is 0. The first-order valence-corrected chi connectivity index (χ1v) is 10.7. The summed E-state index contributed by atoms with van der Waals surface area (Å²) in [5.41, 5.74) is 4.78. The van der Waals surface area contributed by atoms with Crippen molar-refractivity contribution in [3.05, 3.63) is 72.6 Å². The first-order chi connectivity index (χ1) is 15.2. The number of carbonyl (C=O) groups excluding carboxylic acids is 1. The zero-order valence-electron chi connectivity index (χ0n) is 17.2. The van der Waals surface area contributed by atoms with Crippen LogP contribution in [-0.4, -0.2) is 43.6 Å². The van der Waals surface area contributed by atoms with E-state index in [1.54, 1.807) is 12.1 Å². The Kier molecular flexibility index (Phi) is 5.24. The molecule has 0 bridgehead atoms. The van der Waals surface area contributed by atoms with Crippen LogP contribution < -0.4 is 0 Å². The Labute approximate surface area is 179 Å². The van der Waals surface area contributed by atoms with E-state index in [0.717, 1.165) is 61.1 Å². The number of aromatic nitrogens is 4. The molecule has 0 saturated carbocycles. The molecule has 2 aromatic carbocycles. The van der Waals surface area contributed by atoms with Crippen LogP contribution in [-0.2, 0) is 6.54 Å². The van der Waals surface area contributed by atoms with E-state index in [1.165, 1.54) is 12.1 Å². The molecule has 5 rings (SSSR count). The predicted molar refractivity (Wildman–Crippen MR) is 117 cm³/mol. The van der Waals surface area contributed by atoms with E-state index in [2.05, 4.69) is 37.9 Å². The Morgan fingerprint density at radius 3 is 2.77 bits per heavy atom. The summed E-state index contributed by atoms with van der Waals surface area (Å²) in [5.74, 6) is 0.148. The fourth-order valence-corrected chi connectivity index (χ4v) is 4.40. The fraction of sp³-hybridized carbons (Fsp3) is 0.292. The molecule has 6 nitrogen and oxygen atoms in total. The van der Waals surface area contributed by atoms with E-state index in [0.29, 0.717) is 11.5 Å². The molecular weight excluding hydrogens is 393 g/mol. The van der Waals surface area contributed by atoms with E-state index in [9.17, 15) is 9.18 Å². The first-order valence-electron chi connectivity index (χ1n) is 10.7. The normalized spacial score (nSPS) is 17.1. The Morgan fingerprint density at radius 1 is 1.10 bits per heavy atom. The third-order valence-electron chi connectivity index (χ3n) is 6.13. The number of hydrogen-bond donors (Lipinski definition) is 1. The van der Waals surface area contributed by atoms with Crippen molar-refractivity contribution in [3.63, 3.8) is 0 Å². The van der Waals surface area contributed by atoms with Crippen molar-refractivity contribution in [1.82, 2.24) is 24.6 Å². The summed E-state index contributed by atoms with van der Waals surface area (Å²) < 4.78 is 15.4. The van der Waals surface area contributed by atoms with Gasteiger partial charge in [-0.05, 0) is 67.1 Å². The van der Waals surface area contributed by atoms with Gasteiger partial charge in [-0.15, -0.1) is 0 Å². The fourth-order valence-electron chi connectivity index (χ4n) is 4.40. The highest BCUT2D eigenvalue weighted by atomic mass is 19.1. The summed E-state index contributed by atoms with van der Waals surface area (Å²) in [6.45, 7) is 2.35. The smallest absolute Gasteiger partial charge is 0.253 e. The molecule has 1 atom stereocenters. The van der Waals surface area contributed by atoms with Gasteiger partial charge in [-0.2, -0.15) is 5.10 Å². The monoisotopic (exact) mass is 417 g/mol. The number of nitrogens with zero attached hydrogens (tertiary/aromatic N) is 4. The van der Waals surface area contributed by atoms with Crippen molar-refractivity contribution in [1.29, 1.82) is 0 Å². The first kappa shape index (κ1) is 19.5. The molecule has 0 spiro atoms. The second-order valence-electron chi connectivity index (χ2n) is 8.18. The summed E-state index contributed by atoms with van der Waals surface area (Å²) in [4.78, 5) is 19.3. The maximum Gasteiger partial charge on any atom is 0.253 e. The average Bonchev–Trinajstić information content (AvgIpc) is 3.40. The van der Waals surface area contributed by atoms with Gasteiger partial charge in [0.05, 0.1) is 23.6 Å². The van der Waals surface area contributed by atoms with E-state index < -0.39 is 0 Å². The van der Waals surface area contributed by atoms with E-state index in [1.807, 2.05) is 23.6 Å². The van der Waals surface area contributed by atoms with Gasteiger partial charge in [-0.25, -0.2) is 9.37 Å². The SMILES string of the molecule is O=C(c1ccc(F)cc1)N1CCCC(Cn2cnc3cc(-c4cn[nH]c4)ccc32)CC1. The van der Waals surface area contributed by atoms with Gasteiger partial charge in [0.15, 0.2) is 0 Å². The summed E-state index contributed by atoms with van der Waals surface area (Å²) in [6, 6.07) is 12.1. The van der Waals surface area contributed by atoms with Crippen molar-refractivity contribution in [2.24, 2.45) is 5.92 Å². The van der Waals surface area contributed by atoms with E-state index in [-0.39, 0.29) is 11.7 Å². The molecule has 158 valence electrons. The number of amides is 1. The quantitative estimate of drug-likeness (QED) is 0.531. The van der Waals surface area contributed by atoms with Crippen molar-refractivity contribution in [3.8, 4) is 11.1 Å². The number of halogens is 1. The van der Waals surface area contributed by atoms with Crippen LogP contribution >= 0.6 is 0 Å². The molecule has 31 heavy (non-hydrogen) atoms. The molecule has 1 saturated heterocycles. The van der Waals surface area contributed by atoms with E-state index >= 15 is 0 Å². The lowest BCUT2D eigenvalue weighted by Crippen LogP contribution is -2.32. The minimum Gasteiger partial charge on any atom is -0.339 e. The number of aromatic amines is 1. The number of H-pyrrole nitrogens is 1. The third-order valence-corrected chi connectivity index (χ3v) is 6.13. The summed E-state index contributed by atoms with van der Waals surface area (Å²) in [7, 11) is 0. The molecule has 1 fully saturated rings. The minimum atomic E-state index is -0.322. The standard InChI is InChI=1S/C24H24FN5O/c25-21-6-3-18(4-7-21)24(31)29-10-1-2-17(9-11-29)15-30-16-26-22-12-19(5-8-23(22)30)20-13-27-28-14-20/h3-8,12-14,16-17H,1-2,9-11,15H2,(H,27,28). The van der Waals surface area contributed by atoms with Gasteiger partial charge in [0, 0.05) is 37.0 Å². The van der Waals surface area contributed by atoms with Gasteiger partial charge < -0.3 is 9.47 Å². The molecule has 3 heterocycles. The number of carbonyl (C=O) groups is 1. The number of nitrogens with one attached hydrogen (secondary N) is 1. The lowest BCUT2D eigenvalue weighted by atomic mass is 10.0. The van der Waals surface area contributed by atoms with Gasteiger partial charge in [0.25, 0.3) is 5.91 Å². The molecule has 1 unspecified atom stereocenters. The number of likely N-dealkylation sites (tertiary alicyclic amines) is 1. The highest BCUT2D eigenvalue weighted by Crippen LogP contribution is 2.26. The second kappa shape index (κ2) is 8.34. The van der Waals surface area contributed by atoms with Crippen molar-refractivity contribution in [2.75, 3.05) is 13.1 Å². The van der Waals surface area contributed by atoms with Crippen LogP contribution in [0.2, 0.25) is 0 Å². The van der Waals surface area contributed by atoms with Gasteiger partial charge in [0.1, 0.15) is 5.82 Å². The number of imidazole rings is 1.